The maximum absolute atomic E-state index is 13.3. The van der Waals surface area contributed by atoms with E-state index >= 15 is 0 Å². The number of carbonyl (C=O) groups is 2. The van der Waals surface area contributed by atoms with Gasteiger partial charge in [0.05, 0.1) is 12.8 Å². The van der Waals surface area contributed by atoms with Crippen molar-refractivity contribution < 1.29 is 18.7 Å². The number of nitrogens with one attached hydrogen (secondary N) is 1. The Balaban J connectivity index is 1.48. The minimum absolute atomic E-state index is 0.0504. The van der Waals surface area contributed by atoms with E-state index in [2.05, 4.69) is 5.32 Å². The standard InChI is InChI=1S/C26H24FN3O3S/c1-33-22-13-7-18(8-14-22)15-16-28-26(29-20-5-3-2-4-6-20)34-23-17-24(31)30(25(23)32)21-11-9-19(27)10-12-21/h2-14,23H,15-17H2,1H3,(H,28,29)/t23-/m1/s1. The van der Waals surface area contributed by atoms with Crippen LogP contribution in [0.1, 0.15) is 12.0 Å². The maximum Gasteiger partial charge on any atom is 0.247 e. The molecule has 1 saturated heterocycles. The Bertz CT molecular complexity index is 1170. The third kappa shape index (κ3) is 5.82. The Morgan fingerprint density at radius 2 is 1.76 bits per heavy atom. The second-order valence-corrected chi connectivity index (χ2v) is 8.82. The first-order valence-corrected chi connectivity index (χ1v) is 11.7. The maximum atomic E-state index is 13.3. The first-order chi connectivity index (χ1) is 16.5. The first-order valence-electron chi connectivity index (χ1n) is 10.8. The number of thioether (sulfide) groups is 1. The van der Waals surface area contributed by atoms with Gasteiger partial charge >= 0.3 is 0 Å². The summed E-state index contributed by atoms with van der Waals surface area (Å²) >= 11 is 1.23. The van der Waals surface area contributed by atoms with Gasteiger partial charge in [-0.05, 0) is 60.5 Å². The van der Waals surface area contributed by atoms with Gasteiger partial charge in [0.2, 0.25) is 11.8 Å². The van der Waals surface area contributed by atoms with Crippen LogP contribution in [0.2, 0.25) is 0 Å². The Kier molecular flexibility index (Phi) is 7.59. The first kappa shape index (κ1) is 23.5. The number of ether oxygens (including phenoxy) is 1. The van der Waals surface area contributed by atoms with Crippen molar-refractivity contribution in [2.75, 3.05) is 23.9 Å². The van der Waals surface area contributed by atoms with E-state index in [0.29, 0.717) is 23.8 Å². The fraction of sp³-hybridized carbons (Fsp3) is 0.192. The summed E-state index contributed by atoms with van der Waals surface area (Å²) in [6.07, 6.45) is 0.763. The number of anilines is 2. The molecule has 174 valence electrons. The van der Waals surface area contributed by atoms with Crippen LogP contribution in [-0.2, 0) is 16.0 Å². The molecular weight excluding hydrogens is 453 g/mol. The molecule has 4 rings (SSSR count). The van der Waals surface area contributed by atoms with Crippen molar-refractivity contribution >= 4 is 40.1 Å². The molecule has 1 N–H and O–H groups in total. The lowest BCUT2D eigenvalue weighted by molar-refractivity contribution is -0.121. The predicted molar refractivity (Wildman–Crippen MR) is 134 cm³/mol. The van der Waals surface area contributed by atoms with E-state index in [1.54, 1.807) is 7.11 Å². The van der Waals surface area contributed by atoms with Crippen LogP contribution in [0, 0.1) is 5.82 Å². The number of halogens is 1. The molecule has 3 aromatic carbocycles. The lowest BCUT2D eigenvalue weighted by atomic mass is 10.1. The zero-order valence-electron chi connectivity index (χ0n) is 18.6. The average molecular weight is 478 g/mol. The van der Waals surface area contributed by atoms with Gasteiger partial charge in [-0.15, -0.1) is 0 Å². The number of aliphatic imine (C=N–C) groups is 1. The summed E-state index contributed by atoms with van der Waals surface area (Å²) in [7, 11) is 1.63. The Hall–Kier alpha value is -3.65. The highest BCUT2D eigenvalue weighted by molar-refractivity contribution is 8.15. The van der Waals surface area contributed by atoms with Gasteiger partial charge < -0.3 is 10.1 Å². The van der Waals surface area contributed by atoms with E-state index in [4.69, 9.17) is 9.73 Å². The number of amides is 2. The summed E-state index contributed by atoms with van der Waals surface area (Å²) in [5, 5.41) is 3.21. The van der Waals surface area contributed by atoms with Gasteiger partial charge in [0.25, 0.3) is 0 Å². The Morgan fingerprint density at radius 1 is 1.06 bits per heavy atom. The number of nitrogens with zero attached hydrogens (tertiary/aromatic N) is 2. The normalized spacial score (nSPS) is 16.1. The van der Waals surface area contributed by atoms with Crippen molar-refractivity contribution in [3.05, 3.63) is 90.2 Å². The molecule has 8 heteroatoms. The van der Waals surface area contributed by atoms with Crippen LogP contribution in [0.25, 0.3) is 0 Å². The molecule has 34 heavy (non-hydrogen) atoms. The van der Waals surface area contributed by atoms with Crippen LogP contribution >= 0.6 is 11.8 Å². The second kappa shape index (κ2) is 11.0. The number of amidine groups is 1. The van der Waals surface area contributed by atoms with Gasteiger partial charge in [-0.25, -0.2) is 9.29 Å². The molecule has 0 aromatic heterocycles. The highest BCUT2D eigenvalue weighted by Gasteiger charge is 2.40. The predicted octanol–water partition coefficient (Wildman–Crippen LogP) is 4.91. The summed E-state index contributed by atoms with van der Waals surface area (Å²) in [4.78, 5) is 31.5. The molecule has 3 aromatic rings. The molecule has 2 amide bonds. The Labute approximate surface area is 201 Å². The molecule has 6 nitrogen and oxygen atoms in total. The number of carbonyl (C=O) groups excluding carboxylic acids is 2. The number of para-hydroxylation sites is 1. The highest BCUT2D eigenvalue weighted by Crippen LogP contribution is 2.31. The van der Waals surface area contributed by atoms with Gasteiger partial charge in [-0.1, -0.05) is 42.1 Å². The summed E-state index contributed by atoms with van der Waals surface area (Å²) in [5.74, 6) is -0.276. The SMILES string of the molecule is COc1ccc(CCN=C(Nc2ccccc2)S[C@@H]2CC(=O)N(c3ccc(F)cc3)C2=O)cc1. The largest absolute Gasteiger partial charge is 0.497 e. The highest BCUT2D eigenvalue weighted by atomic mass is 32.2. The van der Waals surface area contributed by atoms with Crippen molar-refractivity contribution in [2.45, 2.75) is 18.1 Å². The molecule has 0 unspecified atom stereocenters. The Morgan fingerprint density at radius 3 is 2.44 bits per heavy atom. The minimum Gasteiger partial charge on any atom is -0.497 e. The van der Waals surface area contributed by atoms with Crippen LogP contribution in [0.5, 0.6) is 5.75 Å². The van der Waals surface area contributed by atoms with Crippen molar-refractivity contribution in [2.24, 2.45) is 4.99 Å². The van der Waals surface area contributed by atoms with Crippen LogP contribution in [0.4, 0.5) is 15.8 Å². The van der Waals surface area contributed by atoms with Crippen LogP contribution in [-0.4, -0.2) is 35.9 Å². The van der Waals surface area contributed by atoms with Crippen LogP contribution < -0.4 is 15.0 Å². The summed E-state index contributed by atoms with van der Waals surface area (Å²) in [5.41, 5.74) is 2.32. The summed E-state index contributed by atoms with van der Waals surface area (Å²) in [6, 6.07) is 22.7. The fourth-order valence-electron chi connectivity index (χ4n) is 3.52. The number of rotatable bonds is 7. The van der Waals surface area contributed by atoms with E-state index < -0.39 is 11.1 Å². The smallest absolute Gasteiger partial charge is 0.247 e. The number of hydrogen-bond donors (Lipinski definition) is 1. The summed E-state index contributed by atoms with van der Waals surface area (Å²) in [6.45, 7) is 0.505. The van der Waals surface area contributed by atoms with Crippen LogP contribution in [0.15, 0.2) is 83.9 Å². The summed E-state index contributed by atoms with van der Waals surface area (Å²) < 4.78 is 18.5. The monoisotopic (exact) mass is 477 g/mol. The molecule has 0 aliphatic carbocycles. The van der Waals surface area contributed by atoms with Crippen molar-refractivity contribution in [1.82, 2.24) is 0 Å². The zero-order chi connectivity index (χ0) is 23.9. The number of imide groups is 1. The van der Waals surface area contributed by atoms with E-state index in [1.807, 2.05) is 54.6 Å². The van der Waals surface area contributed by atoms with Gasteiger partial charge in [0, 0.05) is 18.7 Å². The topological polar surface area (TPSA) is 71.0 Å². The van der Waals surface area contributed by atoms with E-state index in [9.17, 15) is 14.0 Å². The van der Waals surface area contributed by atoms with Gasteiger partial charge in [0.15, 0.2) is 5.17 Å². The lowest BCUT2D eigenvalue weighted by Gasteiger charge is -2.16. The molecule has 1 aliphatic rings. The van der Waals surface area contributed by atoms with Crippen LogP contribution in [0.3, 0.4) is 0 Å². The lowest BCUT2D eigenvalue weighted by Crippen LogP contribution is -2.31. The van der Waals surface area contributed by atoms with Gasteiger partial charge in [-0.2, -0.15) is 0 Å². The second-order valence-electron chi connectivity index (χ2n) is 7.63. The van der Waals surface area contributed by atoms with Gasteiger partial charge in [-0.3, -0.25) is 14.6 Å². The molecule has 0 radical (unpaired) electrons. The van der Waals surface area contributed by atoms with Crippen molar-refractivity contribution in [3.63, 3.8) is 0 Å². The van der Waals surface area contributed by atoms with E-state index in [0.717, 1.165) is 21.9 Å². The van der Waals surface area contributed by atoms with Crippen molar-refractivity contribution in [3.8, 4) is 5.75 Å². The minimum atomic E-state index is -0.617. The molecule has 0 saturated carbocycles. The third-order valence-electron chi connectivity index (χ3n) is 5.28. The molecule has 1 fully saturated rings. The molecular formula is C26H24FN3O3S. The number of hydrogen-bond acceptors (Lipinski definition) is 5. The zero-order valence-corrected chi connectivity index (χ0v) is 19.4. The number of benzene rings is 3. The molecule has 0 bridgehead atoms. The molecule has 1 aliphatic heterocycles. The molecule has 0 spiro atoms. The quantitative estimate of drug-likeness (QED) is 0.297. The van der Waals surface area contributed by atoms with Gasteiger partial charge in [0.1, 0.15) is 16.8 Å². The average Bonchev–Trinajstić information content (AvgIpc) is 3.13. The molecule has 1 atom stereocenters. The molecule has 1 heterocycles. The van der Waals surface area contributed by atoms with E-state index in [1.165, 1.54) is 36.0 Å². The third-order valence-corrected chi connectivity index (χ3v) is 6.39. The number of methoxy groups -OCH3 is 1. The van der Waals surface area contributed by atoms with Crippen molar-refractivity contribution in [1.29, 1.82) is 0 Å². The fourth-order valence-corrected chi connectivity index (χ4v) is 4.57. The van der Waals surface area contributed by atoms with E-state index in [-0.39, 0.29) is 18.2 Å².